The highest BCUT2D eigenvalue weighted by Crippen LogP contribution is 2.27. The maximum atomic E-state index is 12.7. The van der Waals surface area contributed by atoms with Crippen molar-refractivity contribution >= 4 is 32.4 Å². The molecule has 1 N–H and O–H groups in total. The van der Waals surface area contributed by atoms with Crippen LogP contribution in [0.5, 0.6) is 5.75 Å². The molecule has 0 aliphatic heterocycles. The van der Waals surface area contributed by atoms with Crippen molar-refractivity contribution < 1.29 is 17.9 Å². The number of rotatable bonds is 5. The minimum Gasteiger partial charge on any atom is -0.496 e. The number of ether oxygens (including phenoxy) is 1. The van der Waals surface area contributed by atoms with Crippen LogP contribution >= 0.6 is 0 Å². The van der Waals surface area contributed by atoms with Crippen LogP contribution in [-0.2, 0) is 10.0 Å². The summed E-state index contributed by atoms with van der Waals surface area (Å²) in [5, 5.41) is 4.68. The van der Waals surface area contributed by atoms with Crippen LogP contribution in [0.15, 0.2) is 65.6 Å². The average molecular weight is 384 g/mol. The molecule has 140 valence electrons. The fraction of sp³-hybridized carbons (Fsp3) is 0.150. The molecular formula is C20H20N2O4S. The number of hydrogen-bond donors (Lipinski definition) is 1. The van der Waals surface area contributed by atoms with Crippen molar-refractivity contribution in [1.82, 2.24) is 4.31 Å². The first-order chi connectivity index (χ1) is 12.8. The van der Waals surface area contributed by atoms with Gasteiger partial charge in [0.15, 0.2) is 0 Å². The molecule has 0 fully saturated rings. The van der Waals surface area contributed by atoms with E-state index < -0.39 is 10.0 Å². The quantitative estimate of drug-likeness (QED) is 0.732. The predicted molar refractivity (Wildman–Crippen MR) is 106 cm³/mol. The van der Waals surface area contributed by atoms with E-state index in [1.807, 2.05) is 30.3 Å². The lowest BCUT2D eigenvalue weighted by Gasteiger charge is -2.13. The Bertz CT molecular complexity index is 1090. The fourth-order valence-corrected chi connectivity index (χ4v) is 3.59. The Labute approximate surface area is 158 Å². The maximum Gasteiger partial charge on any atom is 0.259 e. The smallest absolute Gasteiger partial charge is 0.259 e. The molecule has 0 aliphatic carbocycles. The molecule has 0 aliphatic rings. The Hall–Kier alpha value is -2.90. The van der Waals surface area contributed by atoms with Crippen molar-refractivity contribution in [2.75, 3.05) is 26.5 Å². The molecule has 3 rings (SSSR count). The topological polar surface area (TPSA) is 75.7 Å². The van der Waals surface area contributed by atoms with Crippen molar-refractivity contribution in [2.24, 2.45) is 0 Å². The summed E-state index contributed by atoms with van der Waals surface area (Å²) >= 11 is 0. The molecule has 0 aromatic heterocycles. The molecule has 27 heavy (non-hydrogen) atoms. The lowest BCUT2D eigenvalue weighted by atomic mass is 10.1. The average Bonchev–Trinajstić information content (AvgIpc) is 2.67. The summed E-state index contributed by atoms with van der Waals surface area (Å²) in [5.41, 5.74) is 0.897. The normalized spacial score (nSPS) is 11.6. The summed E-state index contributed by atoms with van der Waals surface area (Å²) in [5.74, 6) is 0.138. The van der Waals surface area contributed by atoms with Crippen LogP contribution in [0.1, 0.15) is 10.4 Å². The summed E-state index contributed by atoms with van der Waals surface area (Å²) in [6.07, 6.45) is 0. The van der Waals surface area contributed by atoms with Gasteiger partial charge in [0.05, 0.1) is 17.6 Å². The molecule has 0 spiro atoms. The van der Waals surface area contributed by atoms with Gasteiger partial charge in [-0.1, -0.05) is 24.3 Å². The van der Waals surface area contributed by atoms with Crippen molar-refractivity contribution in [3.05, 3.63) is 66.2 Å². The number of amides is 1. The molecule has 1 amide bonds. The summed E-state index contributed by atoms with van der Waals surface area (Å²) < 4.78 is 30.7. The summed E-state index contributed by atoms with van der Waals surface area (Å²) in [6, 6.07) is 17.3. The van der Waals surface area contributed by atoms with Gasteiger partial charge in [-0.2, -0.15) is 0 Å². The van der Waals surface area contributed by atoms with Gasteiger partial charge in [-0.3, -0.25) is 4.79 Å². The van der Waals surface area contributed by atoms with Crippen LogP contribution in [-0.4, -0.2) is 39.8 Å². The first-order valence-corrected chi connectivity index (χ1v) is 9.67. The molecular weight excluding hydrogens is 364 g/mol. The Balaban J connectivity index is 1.88. The van der Waals surface area contributed by atoms with E-state index in [-0.39, 0.29) is 10.8 Å². The Morgan fingerprint density at radius 2 is 1.56 bits per heavy atom. The number of benzene rings is 3. The summed E-state index contributed by atoms with van der Waals surface area (Å²) in [6.45, 7) is 0. The number of carbonyl (C=O) groups excluding carboxylic acids is 1. The van der Waals surface area contributed by atoms with E-state index in [4.69, 9.17) is 4.74 Å². The van der Waals surface area contributed by atoms with Gasteiger partial charge < -0.3 is 10.1 Å². The second-order valence-electron chi connectivity index (χ2n) is 6.17. The van der Waals surface area contributed by atoms with Gasteiger partial charge >= 0.3 is 0 Å². The number of nitrogens with one attached hydrogen (secondary N) is 1. The number of nitrogens with zero attached hydrogens (tertiary/aromatic N) is 1. The Morgan fingerprint density at radius 1 is 0.963 bits per heavy atom. The minimum absolute atomic E-state index is 0.161. The van der Waals surface area contributed by atoms with Gasteiger partial charge in [0.1, 0.15) is 5.75 Å². The molecule has 3 aromatic carbocycles. The van der Waals surface area contributed by atoms with Gasteiger partial charge in [-0.05, 0) is 47.2 Å². The maximum absolute atomic E-state index is 12.7. The first-order valence-electron chi connectivity index (χ1n) is 8.23. The molecule has 0 heterocycles. The number of hydrogen-bond acceptors (Lipinski definition) is 4. The molecule has 3 aromatic rings. The number of carbonyl (C=O) groups is 1. The second-order valence-corrected chi connectivity index (χ2v) is 8.32. The van der Waals surface area contributed by atoms with E-state index in [1.54, 1.807) is 18.2 Å². The van der Waals surface area contributed by atoms with Crippen LogP contribution in [0, 0.1) is 0 Å². The van der Waals surface area contributed by atoms with Crippen molar-refractivity contribution in [1.29, 1.82) is 0 Å². The molecule has 0 saturated heterocycles. The monoisotopic (exact) mass is 384 g/mol. The third-order valence-electron chi connectivity index (χ3n) is 4.20. The largest absolute Gasteiger partial charge is 0.496 e. The zero-order chi connectivity index (χ0) is 19.6. The number of methoxy groups -OCH3 is 1. The highest BCUT2D eigenvalue weighted by Gasteiger charge is 2.18. The lowest BCUT2D eigenvalue weighted by molar-refractivity contribution is 0.102. The molecule has 0 radical (unpaired) electrons. The van der Waals surface area contributed by atoms with Crippen LogP contribution in [0.4, 0.5) is 5.69 Å². The van der Waals surface area contributed by atoms with E-state index >= 15 is 0 Å². The molecule has 0 saturated carbocycles. The van der Waals surface area contributed by atoms with E-state index in [2.05, 4.69) is 5.32 Å². The van der Waals surface area contributed by atoms with E-state index in [1.165, 1.54) is 33.3 Å². The summed E-state index contributed by atoms with van der Waals surface area (Å²) in [4.78, 5) is 12.9. The second kappa shape index (κ2) is 7.38. The Morgan fingerprint density at radius 3 is 2.11 bits per heavy atom. The first kappa shape index (κ1) is 18.9. The zero-order valence-electron chi connectivity index (χ0n) is 15.3. The lowest BCUT2D eigenvalue weighted by Crippen LogP contribution is -2.22. The number of sulfonamides is 1. The molecule has 0 atom stereocenters. The van der Waals surface area contributed by atoms with E-state index in [0.29, 0.717) is 17.0 Å². The van der Waals surface area contributed by atoms with E-state index in [9.17, 15) is 13.2 Å². The van der Waals surface area contributed by atoms with Crippen molar-refractivity contribution in [3.8, 4) is 5.75 Å². The van der Waals surface area contributed by atoms with Gasteiger partial charge in [-0.15, -0.1) is 0 Å². The van der Waals surface area contributed by atoms with Gasteiger partial charge in [-0.25, -0.2) is 12.7 Å². The molecule has 6 nitrogen and oxygen atoms in total. The van der Waals surface area contributed by atoms with E-state index in [0.717, 1.165) is 15.1 Å². The molecule has 0 bridgehead atoms. The highest BCUT2D eigenvalue weighted by molar-refractivity contribution is 7.89. The van der Waals surface area contributed by atoms with Crippen molar-refractivity contribution in [3.63, 3.8) is 0 Å². The fourth-order valence-electron chi connectivity index (χ4n) is 2.69. The number of fused-ring (bicyclic) bond motifs is 1. The third-order valence-corrected chi connectivity index (χ3v) is 6.03. The summed E-state index contributed by atoms with van der Waals surface area (Å²) in [7, 11) is 0.946. The Kier molecular flexibility index (Phi) is 5.16. The van der Waals surface area contributed by atoms with Gasteiger partial charge in [0, 0.05) is 19.8 Å². The minimum atomic E-state index is -3.51. The zero-order valence-corrected chi connectivity index (χ0v) is 16.1. The highest BCUT2D eigenvalue weighted by atomic mass is 32.2. The molecule has 7 heteroatoms. The van der Waals surface area contributed by atoms with Crippen LogP contribution < -0.4 is 10.1 Å². The van der Waals surface area contributed by atoms with Gasteiger partial charge in [0.25, 0.3) is 5.91 Å². The third kappa shape index (κ3) is 3.79. The van der Waals surface area contributed by atoms with Crippen molar-refractivity contribution in [2.45, 2.75) is 4.90 Å². The molecule has 0 unspecified atom stereocenters. The predicted octanol–water partition coefficient (Wildman–Crippen LogP) is 3.35. The van der Waals surface area contributed by atoms with Crippen LogP contribution in [0.3, 0.4) is 0 Å². The standard InChI is InChI=1S/C20H20N2O4S/c1-22(2)27(24,25)17-10-8-16(9-11-17)21-20(23)18-12-14-6-4-5-7-15(14)13-19(18)26-3/h4-13H,1-3H3,(H,21,23). The number of anilines is 1. The van der Waals surface area contributed by atoms with Gasteiger partial charge in [0.2, 0.25) is 10.0 Å². The SMILES string of the molecule is COc1cc2ccccc2cc1C(=O)Nc1ccc(S(=O)(=O)N(C)C)cc1. The van der Waals surface area contributed by atoms with Crippen LogP contribution in [0.2, 0.25) is 0 Å². The van der Waals surface area contributed by atoms with Crippen LogP contribution in [0.25, 0.3) is 10.8 Å².